The molecule has 1 aliphatic rings. The zero-order valence-electron chi connectivity index (χ0n) is 7.18. The molecule has 3 nitrogen and oxygen atoms in total. The quantitative estimate of drug-likeness (QED) is 0.573. The molecule has 0 amide bonds. The van der Waals surface area contributed by atoms with E-state index in [4.69, 9.17) is 4.84 Å². The minimum atomic E-state index is -0.327. The molecule has 0 fully saturated rings. The third-order valence-electron chi connectivity index (χ3n) is 1.55. The first-order chi connectivity index (χ1) is 5.02. The van der Waals surface area contributed by atoms with Gasteiger partial charge in [-0.3, -0.25) is 4.79 Å². The highest BCUT2D eigenvalue weighted by Crippen LogP contribution is 2.18. The molecular formula is C8H13NO2. The second kappa shape index (κ2) is 2.64. The molecule has 0 atom stereocenters. The van der Waals surface area contributed by atoms with Gasteiger partial charge in [0.05, 0.1) is 0 Å². The molecule has 0 radical (unpaired) electrons. The lowest BCUT2D eigenvalue weighted by Crippen LogP contribution is -2.27. The Morgan fingerprint density at radius 2 is 2.18 bits per heavy atom. The van der Waals surface area contributed by atoms with Crippen molar-refractivity contribution in [3.05, 3.63) is 0 Å². The van der Waals surface area contributed by atoms with Crippen LogP contribution in [0.4, 0.5) is 0 Å². The lowest BCUT2D eigenvalue weighted by molar-refractivity contribution is -0.119. The van der Waals surface area contributed by atoms with E-state index < -0.39 is 0 Å². The maximum atomic E-state index is 11.5. The van der Waals surface area contributed by atoms with E-state index in [0.29, 0.717) is 18.7 Å². The van der Waals surface area contributed by atoms with Crippen LogP contribution < -0.4 is 0 Å². The Bertz CT molecular complexity index is 201. The van der Waals surface area contributed by atoms with Crippen molar-refractivity contribution in [1.82, 2.24) is 0 Å². The van der Waals surface area contributed by atoms with E-state index >= 15 is 0 Å². The molecule has 0 aromatic carbocycles. The van der Waals surface area contributed by atoms with Gasteiger partial charge in [-0.2, -0.15) is 0 Å². The van der Waals surface area contributed by atoms with E-state index in [9.17, 15) is 4.79 Å². The first kappa shape index (κ1) is 8.24. The first-order valence-corrected chi connectivity index (χ1v) is 3.75. The normalized spacial score (nSPS) is 17.5. The van der Waals surface area contributed by atoms with E-state index in [0.717, 1.165) is 0 Å². The highest BCUT2D eigenvalue weighted by Gasteiger charge is 2.28. The van der Waals surface area contributed by atoms with Gasteiger partial charge >= 0.3 is 0 Å². The molecule has 0 aromatic rings. The van der Waals surface area contributed by atoms with Gasteiger partial charge in [-0.05, 0) is 0 Å². The number of hydrogen-bond donors (Lipinski definition) is 0. The molecule has 3 heteroatoms. The van der Waals surface area contributed by atoms with Gasteiger partial charge in [-0.1, -0.05) is 25.9 Å². The van der Waals surface area contributed by atoms with Crippen LogP contribution in [0.1, 0.15) is 27.2 Å². The fourth-order valence-corrected chi connectivity index (χ4v) is 0.899. The molecular weight excluding hydrogens is 142 g/mol. The van der Waals surface area contributed by atoms with Gasteiger partial charge in [0.15, 0.2) is 5.78 Å². The molecule has 0 N–H and O–H groups in total. The van der Waals surface area contributed by atoms with Gasteiger partial charge in [0, 0.05) is 11.8 Å². The predicted molar refractivity (Wildman–Crippen MR) is 42.5 cm³/mol. The highest BCUT2D eigenvalue weighted by atomic mass is 16.6. The minimum Gasteiger partial charge on any atom is -0.395 e. The number of ketones is 1. The summed E-state index contributed by atoms with van der Waals surface area (Å²) in [4.78, 5) is 16.2. The third-order valence-corrected chi connectivity index (χ3v) is 1.55. The summed E-state index contributed by atoms with van der Waals surface area (Å²) in [7, 11) is 0. The van der Waals surface area contributed by atoms with E-state index in [1.54, 1.807) is 0 Å². The Balaban J connectivity index is 2.68. The summed E-state index contributed by atoms with van der Waals surface area (Å²) in [5, 5.41) is 3.67. The average Bonchev–Trinajstić information content (AvgIpc) is 2.34. The average molecular weight is 155 g/mol. The summed E-state index contributed by atoms with van der Waals surface area (Å²) in [6.07, 6.45) is 0.663. The molecule has 1 aliphatic heterocycles. The SMILES string of the molecule is CC(C)(C)C(=O)C1=NOCC1. The van der Waals surface area contributed by atoms with Gasteiger partial charge in [0.25, 0.3) is 0 Å². The molecule has 1 heterocycles. The van der Waals surface area contributed by atoms with Crippen LogP contribution in [0.5, 0.6) is 0 Å². The predicted octanol–water partition coefficient (Wildman–Crippen LogP) is 1.38. The van der Waals surface area contributed by atoms with Crippen LogP contribution in [-0.4, -0.2) is 18.1 Å². The maximum absolute atomic E-state index is 11.5. The van der Waals surface area contributed by atoms with Crippen LogP contribution in [0.15, 0.2) is 5.16 Å². The highest BCUT2D eigenvalue weighted by molar-refractivity contribution is 6.41. The van der Waals surface area contributed by atoms with Gasteiger partial charge in [0.2, 0.25) is 0 Å². The van der Waals surface area contributed by atoms with Crippen LogP contribution >= 0.6 is 0 Å². The Morgan fingerprint density at radius 3 is 2.55 bits per heavy atom. The third kappa shape index (κ3) is 1.79. The summed E-state index contributed by atoms with van der Waals surface area (Å²) in [6, 6.07) is 0. The fraction of sp³-hybridized carbons (Fsp3) is 0.750. The lowest BCUT2D eigenvalue weighted by atomic mass is 9.87. The first-order valence-electron chi connectivity index (χ1n) is 3.75. The largest absolute Gasteiger partial charge is 0.395 e. The smallest absolute Gasteiger partial charge is 0.185 e. The number of oxime groups is 1. The van der Waals surface area contributed by atoms with Gasteiger partial charge in [-0.15, -0.1) is 0 Å². The molecule has 0 saturated carbocycles. The summed E-state index contributed by atoms with van der Waals surface area (Å²) in [5.74, 6) is 0.0926. The van der Waals surface area contributed by atoms with E-state index in [2.05, 4.69) is 5.16 Å². The van der Waals surface area contributed by atoms with Crippen molar-refractivity contribution in [2.75, 3.05) is 6.61 Å². The number of hydrogen-bond acceptors (Lipinski definition) is 3. The zero-order chi connectivity index (χ0) is 8.48. The lowest BCUT2D eigenvalue weighted by Gasteiger charge is -2.14. The molecule has 0 bridgehead atoms. The molecule has 0 saturated heterocycles. The van der Waals surface area contributed by atoms with E-state index in [1.165, 1.54) is 0 Å². The number of Topliss-reactive ketones (excluding diaryl/α,β-unsaturated/α-hetero) is 1. The van der Waals surface area contributed by atoms with E-state index in [-0.39, 0.29) is 11.2 Å². The molecule has 0 unspecified atom stereocenters. The fourth-order valence-electron chi connectivity index (χ4n) is 0.899. The van der Waals surface area contributed by atoms with Crippen molar-refractivity contribution in [2.24, 2.45) is 10.6 Å². The van der Waals surface area contributed by atoms with Crippen LogP contribution in [0, 0.1) is 5.41 Å². The van der Waals surface area contributed by atoms with E-state index in [1.807, 2.05) is 20.8 Å². The summed E-state index contributed by atoms with van der Waals surface area (Å²) < 4.78 is 0. The van der Waals surface area contributed by atoms with Crippen molar-refractivity contribution < 1.29 is 9.63 Å². The Hall–Kier alpha value is -0.860. The number of carbonyl (C=O) groups excluding carboxylic acids is 1. The number of nitrogens with zero attached hydrogens (tertiary/aromatic N) is 1. The van der Waals surface area contributed by atoms with Gasteiger partial charge < -0.3 is 4.84 Å². The van der Waals surface area contributed by atoms with Gasteiger partial charge in [-0.25, -0.2) is 0 Å². The molecule has 11 heavy (non-hydrogen) atoms. The Kier molecular flexibility index (Phi) is 1.98. The Morgan fingerprint density at radius 1 is 1.55 bits per heavy atom. The molecule has 0 spiro atoms. The Labute approximate surface area is 66.4 Å². The number of rotatable bonds is 1. The topological polar surface area (TPSA) is 38.7 Å². The van der Waals surface area contributed by atoms with Crippen LogP contribution in [0.25, 0.3) is 0 Å². The van der Waals surface area contributed by atoms with Crippen molar-refractivity contribution in [3.63, 3.8) is 0 Å². The zero-order valence-corrected chi connectivity index (χ0v) is 7.18. The van der Waals surface area contributed by atoms with Crippen LogP contribution in [-0.2, 0) is 9.63 Å². The second-order valence-electron chi connectivity index (χ2n) is 3.70. The van der Waals surface area contributed by atoms with Crippen LogP contribution in [0.2, 0.25) is 0 Å². The summed E-state index contributed by atoms with van der Waals surface area (Å²) in [5.41, 5.74) is 0.254. The van der Waals surface area contributed by atoms with Crippen molar-refractivity contribution in [3.8, 4) is 0 Å². The number of carbonyl (C=O) groups is 1. The summed E-state index contributed by atoms with van der Waals surface area (Å²) in [6.45, 7) is 6.21. The second-order valence-corrected chi connectivity index (χ2v) is 3.70. The van der Waals surface area contributed by atoms with Crippen LogP contribution in [0.3, 0.4) is 0 Å². The summed E-state index contributed by atoms with van der Waals surface area (Å²) >= 11 is 0. The molecule has 1 rings (SSSR count). The minimum absolute atomic E-state index is 0.0926. The maximum Gasteiger partial charge on any atom is 0.185 e. The van der Waals surface area contributed by atoms with Crippen molar-refractivity contribution >= 4 is 11.5 Å². The van der Waals surface area contributed by atoms with Gasteiger partial charge in [0.1, 0.15) is 12.3 Å². The van der Waals surface area contributed by atoms with Crippen molar-refractivity contribution in [2.45, 2.75) is 27.2 Å². The standard InChI is InChI=1S/C8H13NO2/c1-8(2,3)7(10)6-4-5-11-9-6/h4-5H2,1-3H3. The molecule has 62 valence electrons. The van der Waals surface area contributed by atoms with Crippen molar-refractivity contribution in [1.29, 1.82) is 0 Å². The molecule has 0 aromatic heterocycles. The molecule has 0 aliphatic carbocycles. The monoisotopic (exact) mass is 155 g/mol.